The fourth-order valence-electron chi connectivity index (χ4n) is 1.32. The van der Waals surface area contributed by atoms with E-state index in [1.54, 1.807) is 6.33 Å². The van der Waals surface area contributed by atoms with Crippen LogP contribution in [0.4, 0.5) is 5.82 Å². The van der Waals surface area contributed by atoms with Gasteiger partial charge in [-0.25, -0.2) is 15.0 Å². The van der Waals surface area contributed by atoms with Crippen molar-refractivity contribution in [1.29, 1.82) is 0 Å². The molecule has 0 bridgehead atoms. The second-order valence-electron chi connectivity index (χ2n) is 3.23. The zero-order chi connectivity index (χ0) is 10.7. The van der Waals surface area contributed by atoms with Gasteiger partial charge < -0.3 is 10.3 Å². The number of nitrogens with one attached hydrogen (secondary N) is 2. The number of nitrogens with zero attached hydrogens (tertiary/aromatic N) is 3. The molecule has 2 heterocycles. The van der Waals surface area contributed by atoms with Gasteiger partial charge in [0.1, 0.15) is 11.8 Å². The molecule has 0 aliphatic rings. The van der Waals surface area contributed by atoms with Gasteiger partial charge in [0.25, 0.3) is 0 Å². The molecule has 1 unspecified atom stereocenters. The Balaban J connectivity index is 2.30. The predicted molar refractivity (Wildman–Crippen MR) is 60.1 cm³/mol. The lowest BCUT2D eigenvalue weighted by atomic mass is 10.2. The molecule has 0 radical (unpaired) electrons. The van der Waals surface area contributed by atoms with Crippen LogP contribution in [0.3, 0.4) is 0 Å². The maximum absolute atomic E-state index is 5.81. The molecule has 0 aromatic carbocycles. The Kier molecular flexibility index (Phi) is 3.01. The van der Waals surface area contributed by atoms with Crippen molar-refractivity contribution in [1.82, 2.24) is 19.9 Å². The van der Waals surface area contributed by atoms with E-state index in [2.05, 4.69) is 32.2 Å². The standard InChI is InChI=1S/C9H12ClN5/c1-2-6(3-10)15-9-7-8(12-4-11-7)13-5-14-9/h4-6H,2-3H2,1H3,(H2,11,12,13,14,15). The molecule has 80 valence electrons. The first-order valence-corrected chi connectivity index (χ1v) is 5.35. The van der Waals surface area contributed by atoms with Crippen LogP contribution < -0.4 is 5.32 Å². The predicted octanol–water partition coefficient (Wildman–Crippen LogP) is 1.78. The number of aromatic nitrogens is 4. The van der Waals surface area contributed by atoms with Gasteiger partial charge in [0.05, 0.1) is 6.33 Å². The van der Waals surface area contributed by atoms with Gasteiger partial charge in [0, 0.05) is 11.9 Å². The van der Waals surface area contributed by atoms with Gasteiger partial charge in [0.15, 0.2) is 11.5 Å². The van der Waals surface area contributed by atoms with E-state index in [1.807, 2.05) is 0 Å². The Morgan fingerprint density at radius 1 is 1.47 bits per heavy atom. The van der Waals surface area contributed by atoms with Crippen LogP contribution in [0.5, 0.6) is 0 Å². The molecule has 0 amide bonds. The molecule has 0 aliphatic heterocycles. The highest BCUT2D eigenvalue weighted by Gasteiger charge is 2.09. The Morgan fingerprint density at radius 2 is 2.33 bits per heavy atom. The average Bonchev–Trinajstić information content (AvgIpc) is 2.74. The lowest BCUT2D eigenvalue weighted by Gasteiger charge is -2.14. The third-order valence-corrected chi connectivity index (χ3v) is 2.62. The summed E-state index contributed by atoms with van der Waals surface area (Å²) in [6.45, 7) is 2.07. The number of fused-ring (bicyclic) bond motifs is 1. The third kappa shape index (κ3) is 2.02. The smallest absolute Gasteiger partial charge is 0.182 e. The van der Waals surface area contributed by atoms with E-state index in [0.29, 0.717) is 11.5 Å². The summed E-state index contributed by atoms with van der Waals surface area (Å²) in [6.07, 6.45) is 4.04. The third-order valence-electron chi connectivity index (χ3n) is 2.24. The van der Waals surface area contributed by atoms with Crippen molar-refractivity contribution in [2.24, 2.45) is 0 Å². The Labute approximate surface area is 92.3 Å². The Morgan fingerprint density at radius 3 is 3.07 bits per heavy atom. The molecule has 0 saturated carbocycles. The van der Waals surface area contributed by atoms with E-state index < -0.39 is 0 Å². The molecule has 0 spiro atoms. The van der Waals surface area contributed by atoms with Crippen molar-refractivity contribution >= 4 is 28.6 Å². The van der Waals surface area contributed by atoms with Crippen LogP contribution in [0.15, 0.2) is 12.7 Å². The number of H-pyrrole nitrogens is 1. The molecule has 0 fully saturated rings. The maximum Gasteiger partial charge on any atom is 0.182 e. The van der Waals surface area contributed by atoms with Crippen molar-refractivity contribution in [2.75, 3.05) is 11.2 Å². The molecule has 2 N–H and O–H groups in total. The van der Waals surface area contributed by atoms with Crippen molar-refractivity contribution in [3.8, 4) is 0 Å². The summed E-state index contributed by atoms with van der Waals surface area (Å²) < 4.78 is 0. The van der Waals surface area contributed by atoms with Crippen molar-refractivity contribution < 1.29 is 0 Å². The normalized spacial score (nSPS) is 12.9. The highest BCUT2D eigenvalue weighted by molar-refractivity contribution is 6.18. The first-order chi connectivity index (χ1) is 7.35. The van der Waals surface area contributed by atoms with Gasteiger partial charge in [-0.2, -0.15) is 0 Å². The van der Waals surface area contributed by atoms with Gasteiger partial charge in [-0.1, -0.05) is 6.92 Å². The number of rotatable bonds is 4. The number of imidazole rings is 1. The van der Waals surface area contributed by atoms with Crippen LogP contribution in [-0.2, 0) is 0 Å². The number of hydrogen-bond donors (Lipinski definition) is 2. The number of hydrogen-bond acceptors (Lipinski definition) is 4. The summed E-state index contributed by atoms with van der Waals surface area (Å²) in [5, 5.41) is 3.25. The monoisotopic (exact) mass is 225 g/mol. The van der Waals surface area contributed by atoms with Gasteiger partial charge in [-0.3, -0.25) is 0 Å². The number of aromatic amines is 1. The zero-order valence-electron chi connectivity index (χ0n) is 8.37. The highest BCUT2D eigenvalue weighted by Crippen LogP contribution is 2.16. The van der Waals surface area contributed by atoms with Gasteiger partial charge in [-0.15, -0.1) is 11.6 Å². The van der Waals surface area contributed by atoms with Crippen molar-refractivity contribution in [3.63, 3.8) is 0 Å². The minimum absolute atomic E-state index is 0.216. The zero-order valence-corrected chi connectivity index (χ0v) is 9.12. The highest BCUT2D eigenvalue weighted by atomic mass is 35.5. The summed E-state index contributed by atoms with van der Waals surface area (Å²) in [6, 6.07) is 0.216. The lowest BCUT2D eigenvalue weighted by molar-refractivity contribution is 0.766. The quantitative estimate of drug-likeness (QED) is 0.779. The summed E-state index contributed by atoms with van der Waals surface area (Å²) in [4.78, 5) is 15.3. The largest absolute Gasteiger partial charge is 0.364 e. The molecular formula is C9H12ClN5. The molecule has 1 atom stereocenters. The Hall–Kier alpha value is -1.36. The SMILES string of the molecule is CCC(CCl)Nc1ncnc2nc[nH]c12. The molecule has 2 rings (SSSR count). The molecule has 15 heavy (non-hydrogen) atoms. The topological polar surface area (TPSA) is 66.5 Å². The summed E-state index contributed by atoms with van der Waals surface area (Å²) in [7, 11) is 0. The second kappa shape index (κ2) is 4.44. The van der Waals surface area contributed by atoms with Crippen molar-refractivity contribution in [2.45, 2.75) is 19.4 Å². The fourth-order valence-corrected chi connectivity index (χ4v) is 1.61. The lowest BCUT2D eigenvalue weighted by Crippen LogP contribution is -2.21. The molecular weight excluding hydrogens is 214 g/mol. The second-order valence-corrected chi connectivity index (χ2v) is 3.54. The average molecular weight is 226 g/mol. The van der Waals surface area contributed by atoms with E-state index in [9.17, 15) is 0 Å². The number of halogens is 1. The van der Waals surface area contributed by atoms with E-state index >= 15 is 0 Å². The van der Waals surface area contributed by atoms with Crippen LogP contribution in [0.2, 0.25) is 0 Å². The van der Waals surface area contributed by atoms with E-state index in [0.717, 1.165) is 17.8 Å². The van der Waals surface area contributed by atoms with Crippen LogP contribution in [0.1, 0.15) is 13.3 Å². The minimum atomic E-state index is 0.216. The molecule has 6 heteroatoms. The van der Waals surface area contributed by atoms with Crippen LogP contribution in [0, 0.1) is 0 Å². The first kappa shape index (κ1) is 10.2. The minimum Gasteiger partial charge on any atom is -0.364 e. The molecule has 5 nitrogen and oxygen atoms in total. The number of alkyl halides is 1. The van der Waals surface area contributed by atoms with Gasteiger partial charge in [0.2, 0.25) is 0 Å². The van der Waals surface area contributed by atoms with Crippen LogP contribution in [0.25, 0.3) is 11.2 Å². The molecule has 2 aromatic heterocycles. The van der Waals surface area contributed by atoms with Crippen LogP contribution in [-0.4, -0.2) is 31.9 Å². The first-order valence-electron chi connectivity index (χ1n) is 4.81. The van der Waals surface area contributed by atoms with Crippen molar-refractivity contribution in [3.05, 3.63) is 12.7 Å². The summed E-state index contributed by atoms with van der Waals surface area (Å²) >= 11 is 5.81. The number of anilines is 1. The van der Waals surface area contributed by atoms with E-state index in [4.69, 9.17) is 11.6 Å². The van der Waals surface area contributed by atoms with E-state index in [1.165, 1.54) is 6.33 Å². The van der Waals surface area contributed by atoms with Crippen LogP contribution >= 0.6 is 11.6 Å². The van der Waals surface area contributed by atoms with E-state index in [-0.39, 0.29) is 6.04 Å². The van der Waals surface area contributed by atoms with Gasteiger partial charge >= 0.3 is 0 Å². The molecule has 0 aliphatic carbocycles. The Bertz CT molecular complexity index is 437. The maximum atomic E-state index is 5.81. The summed E-state index contributed by atoms with van der Waals surface area (Å²) in [5.74, 6) is 1.31. The molecule has 2 aromatic rings. The fraction of sp³-hybridized carbons (Fsp3) is 0.444. The summed E-state index contributed by atoms with van der Waals surface area (Å²) in [5.41, 5.74) is 1.48. The van der Waals surface area contributed by atoms with Gasteiger partial charge in [-0.05, 0) is 6.42 Å². The molecule has 0 saturated heterocycles.